The molecular weight excluding hydrogens is 320 g/mol. The lowest BCUT2D eigenvalue weighted by Gasteiger charge is -2.19. The lowest BCUT2D eigenvalue weighted by Crippen LogP contribution is -2.33. The summed E-state index contributed by atoms with van der Waals surface area (Å²) >= 11 is 1.54. The van der Waals surface area contributed by atoms with Gasteiger partial charge in [0, 0.05) is 29.4 Å². The second-order valence-corrected chi connectivity index (χ2v) is 6.91. The summed E-state index contributed by atoms with van der Waals surface area (Å²) in [5.41, 5.74) is 2.79. The van der Waals surface area contributed by atoms with E-state index in [-0.39, 0.29) is 5.91 Å². The Bertz CT molecular complexity index is 834. The number of carbonyl (C=O) groups is 1. The molecule has 4 rings (SSSR count). The molecule has 0 radical (unpaired) electrons. The molecule has 0 saturated heterocycles. The average Bonchev–Trinajstić information content (AvgIpc) is 3.10. The summed E-state index contributed by atoms with van der Waals surface area (Å²) in [5, 5.41) is 7.00. The number of carbonyl (C=O) groups excluding carboxylic acids is 1. The van der Waals surface area contributed by atoms with Gasteiger partial charge in [-0.1, -0.05) is 12.1 Å². The second-order valence-electron chi connectivity index (χ2n) is 6.08. The molecular formula is C18H18N4OS. The molecule has 0 spiro atoms. The Labute approximate surface area is 144 Å². The van der Waals surface area contributed by atoms with Crippen LogP contribution in [0.1, 0.15) is 34.5 Å². The lowest BCUT2D eigenvalue weighted by atomic mass is 10.1. The van der Waals surface area contributed by atoms with Crippen LogP contribution in [-0.2, 0) is 6.54 Å². The molecule has 2 heterocycles. The van der Waals surface area contributed by atoms with Crippen LogP contribution in [0.25, 0.3) is 0 Å². The van der Waals surface area contributed by atoms with Crippen molar-refractivity contribution in [3.63, 3.8) is 0 Å². The van der Waals surface area contributed by atoms with E-state index in [9.17, 15) is 4.79 Å². The number of thiazole rings is 1. The molecule has 0 unspecified atom stereocenters. The van der Waals surface area contributed by atoms with Gasteiger partial charge in [-0.2, -0.15) is 5.10 Å². The minimum absolute atomic E-state index is 0.0393. The van der Waals surface area contributed by atoms with Gasteiger partial charge in [0.25, 0.3) is 5.91 Å². The van der Waals surface area contributed by atoms with Crippen molar-refractivity contribution in [1.29, 1.82) is 0 Å². The van der Waals surface area contributed by atoms with Crippen molar-refractivity contribution >= 4 is 22.4 Å². The molecule has 6 heteroatoms. The first-order chi connectivity index (χ1) is 11.7. The summed E-state index contributed by atoms with van der Waals surface area (Å²) in [6, 6.07) is 9.99. The molecule has 2 aromatic heterocycles. The SMILES string of the molecule is Cc1csc(N(C(=O)c2ccc(Cn3cccn3)cc2)C2CC2)n1. The minimum Gasteiger partial charge on any atom is -0.281 e. The van der Waals surface area contributed by atoms with Gasteiger partial charge in [-0.3, -0.25) is 14.4 Å². The molecule has 1 aliphatic rings. The van der Waals surface area contributed by atoms with Gasteiger partial charge in [0.05, 0.1) is 12.2 Å². The van der Waals surface area contributed by atoms with Crippen molar-refractivity contribution in [2.24, 2.45) is 0 Å². The molecule has 1 fully saturated rings. The van der Waals surface area contributed by atoms with Gasteiger partial charge in [-0.15, -0.1) is 11.3 Å². The summed E-state index contributed by atoms with van der Waals surface area (Å²) in [6.45, 7) is 2.67. The third-order valence-electron chi connectivity index (χ3n) is 4.05. The Morgan fingerprint density at radius 2 is 2.12 bits per heavy atom. The number of rotatable bonds is 5. The molecule has 0 bridgehead atoms. The Hall–Kier alpha value is -2.47. The highest BCUT2D eigenvalue weighted by Gasteiger charge is 2.35. The minimum atomic E-state index is 0.0393. The summed E-state index contributed by atoms with van der Waals surface area (Å²) in [5.74, 6) is 0.0393. The van der Waals surface area contributed by atoms with Gasteiger partial charge in [-0.05, 0) is 43.5 Å². The molecule has 1 aromatic carbocycles. The molecule has 5 nitrogen and oxygen atoms in total. The number of hydrogen-bond acceptors (Lipinski definition) is 4. The summed E-state index contributed by atoms with van der Waals surface area (Å²) < 4.78 is 1.87. The molecule has 0 aliphatic heterocycles. The predicted octanol–water partition coefficient (Wildman–Crippen LogP) is 3.51. The third kappa shape index (κ3) is 3.10. The lowest BCUT2D eigenvalue weighted by molar-refractivity contribution is 0.0985. The van der Waals surface area contributed by atoms with E-state index in [2.05, 4.69) is 10.1 Å². The third-order valence-corrected chi connectivity index (χ3v) is 5.01. The Kier molecular flexibility index (Phi) is 3.90. The van der Waals surface area contributed by atoms with Gasteiger partial charge in [0.1, 0.15) is 0 Å². The molecule has 122 valence electrons. The van der Waals surface area contributed by atoms with Crippen molar-refractivity contribution < 1.29 is 4.79 Å². The quantitative estimate of drug-likeness (QED) is 0.715. The van der Waals surface area contributed by atoms with Crippen LogP contribution in [0.15, 0.2) is 48.1 Å². The van der Waals surface area contributed by atoms with Crippen LogP contribution in [0.4, 0.5) is 5.13 Å². The van der Waals surface area contributed by atoms with Gasteiger partial charge < -0.3 is 0 Å². The molecule has 0 atom stereocenters. The van der Waals surface area contributed by atoms with Crippen molar-refractivity contribution in [1.82, 2.24) is 14.8 Å². The number of amides is 1. The molecule has 1 aliphatic carbocycles. The number of benzene rings is 1. The second kappa shape index (κ2) is 6.20. The smallest absolute Gasteiger partial charge is 0.260 e. The number of hydrogen-bond donors (Lipinski definition) is 0. The van der Waals surface area contributed by atoms with E-state index in [1.807, 2.05) is 58.4 Å². The van der Waals surface area contributed by atoms with E-state index >= 15 is 0 Å². The summed E-state index contributed by atoms with van der Waals surface area (Å²) in [7, 11) is 0. The Balaban J connectivity index is 1.54. The van der Waals surface area contributed by atoms with Gasteiger partial charge in [-0.25, -0.2) is 4.98 Å². The predicted molar refractivity (Wildman–Crippen MR) is 94.5 cm³/mol. The molecule has 24 heavy (non-hydrogen) atoms. The zero-order chi connectivity index (χ0) is 16.5. The van der Waals surface area contributed by atoms with E-state index in [0.717, 1.165) is 29.2 Å². The summed E-state index contributed by atoms with van der Waals surface area (Å²) in [4.78, 5) is 19.3. The van der Waals surface area contributed by atoms with E-state index in [1.165, 1.54) is 11.3 Å². The first-order valence-corrected chi connectivity index (χ1v) is 8.91. The van der Waals surface area contributed by atoms with E-state index in [4.69, 9.17) is 0 Å². The van der Waals surface area contributed by atoms with E-state index in [0.29, 0.717) is 18.2 Å². The van der Waals surface area contributed by atoms with Crippen molar-refractivity contribution in [3.05, 3.63) is 64.9 Å². The van der Waals surface area contributed by atoms with Crippen LogP contribution in [-0.4, -0.2) is 26.7 Å². The fourth-order valence-corrected chi connectivity index (χ4v) is 3.54. The van der Waals surface area contributed by atoms with Crippen LogP contribution < -0.4 is 4.90 Å². The summed E-state index contributed by atoms with van der Waals surface area (Å²) in [6.07, 6.45) is 5.81. The Morgan fingerprint density at radius 3 is 2.71 bits per heavy atom. The number of aromatic nitrogens is 3. The Morgan fingerprint density at radius 1 is 1.33 bits per heavy atom. The molecule has 0 N–H and O–H groups in total. The van der Waals surface area contributed by atoms with Crippen molar-refractivity contribution in [3.8, 4) is 0 Å². The van der Waals surface area contributed by atoms with E-state index in [1.54, 1.807) is 6.20 Å². The topological polar surface area (TPSA) is 51.0 Å². The van der Waals surface area contributed by atoms with Crippen molar-refractivity contribution in [2.45, 2.75) is 32.4 Å². The maximum atomic E-state index is 12.9. The zero-order valence-corrected chi connectivity index (χ0v) is 14.2. The van der Waals surface area contributed by atoms with Crippen LogP contribution >= 0.6 is 11.3 Å². The van der Waals surface area contributed by atoms with Crippen LogP contribution in [0.2, 0.25) is 0 Å². The van der Waals surface area contributed by atoms with Gasteiger partial charge in [0.2, 0.25) is 0 Å². The maximum Gasteiger partial charge on any atom is 0.260 e. The average molecular weight is 338 g/mol. The molecule has 1 amide bonds. The fourth-order valence-electron chi connectivity index (χ4n) is 2.67. The monoisotopic (exact) mass is 338 g/mol. The largest absolute Gasteiger partial charge is 0.281 e. The first kappa shape index (κ1) is 15.1. The number of aryl methyl sites for hydroxylation is 1. The first-order valence-electron chi connectivity index (χ1n) is 8.03. The fraction of sp³-hybridized carbons (Fsp3) is 0.278. The highest BCUT2D eigenvalue weighted by molar-refractivity contribution is 7.14. The van der Waals surface area contributed by atoms with Crippen LogP contribution in [0.3, 0.4) is 0 Å². The number of nitrogens with zero attached hydrogens (tertiary/aromatic N) is 4. The highest BCUT2D eigenvalue weighted by atomic mass is 32.1. The highest BCUT2D eigenvalue weighted by Crippen LogP contribution is 2.34. The van der Waals surface area contributed by atoms with E-state index < -0.39 is 0 Å². The number of anilines is 1. The van der Waals surface area contributed by atoms with Gasteiger partial charge in [0.15, 0.2) is 5.13 Å². The van der Waals surface area contributed by atoms with Gasteiger partial charge >= 0.3 is 0 Å². The standard InChI is InChI=1S/C18H18N4OS/c1-13-12-24-18(20-13)22(16-7-8-16)17(23)15-5-3-14(4-6-15)11-21-10-2-9-19-21/h2-6,9-10,12,16H,7-8,11H2,1H3. The van der Waals surface area contributed by atoms with Crippen LogP contribution in [0, 0.1) is 6.92 Å². The maximum absolute atomic E-state index is 12.9. The normalized spacial score (nSPS) is 13.9. The molecule has 3 aromatic rings. The van der Waals surface area contributed by atoms with Crippen LogP contribution in [0.5, 0.6) is 0 Å². The molecule has 1 saturated carbocycles. The zero-order valence-electron chi connectivity index (χ0n) is 13.4. The van der Waals surface area contributed by atoms with Crippen molar-refractivity contribution in [2.75, 3.05) is 4.90 Å².